The molecule has 0 heterocycles. The lowest BCUT2D eigenvalue weighted by atomic mass is 10.0. The van der Waals surface area contributed by atoms with E-state index in [-0.39, 0.29) is 34.7 Å². The minimum absolute atomic E-state index is 0. The summed E-state index contributed by atoms with van der Waals surface area (Å²) in [5.41, 5.74) is 6.49. The third-order valence-corrected chi connectivity index (χ3v) is 3.44. The molecule has 0 aliphatic carbocycles. The average molecular weight is 387 g/mol. The maximum atomic E-state index is 13.9. The fourth-order valence-corrected chi connectivity index (χ4v) is 2.50. The van der Waals surface area contributed by atoms with Crippen molar-refractivity contribution >= 4 is 35.6 Å². The van der Waals surface area contributed by atoms with Crippen LogP contribution in [0.2, 0.25) is 10.0 Å². The first-order valence-corrected chi connectivity index (χ1v) is 7.06. The molecule has 0 amide bonds. The van der Waals surface area contributed by atoms with Crippen molar-refractivity contribution in [2.24, 2.45) is 5.73 Å². The molecule has 0 spiro atoms. The fourth-order valence-electron chi connectivity index (χ4n) is 1.95. The lowest BCUT2D eigenvalue weighted by Gasteiger charge is -2.14. The standard InChI is InChI=1S/C15H12Cl2F3NO.ClH/c16-10-4-11(8-1-2-9(6-21)13(18)3-8)15(12(17)5-10)22-7-14(19)20;/h1-5,14H,6-7,21H2;1H. The van der Waals surface area contributed by atoms with Crippen LogP contribution >= 0.6 is 35.6 Å². The summed E-state index contributed by atoms with van der Waals surface area (Å²) in [5, 5.41) is 0.360. The van der Waals surface area contributed by atoms with E-state index >= 15 is 0 Å². The maximum Gasteiger partial charge on any atom is 0.272 e. The van der Waals surface area contributed by atoms with Crippen LogP contribution in [0.5, 0.6) is 5.75 Å². The number of halogens is 6. The van der Waals surface area contributed by atoms with E-state index in [2.05, 4.69) is 0 Å². The molecule has 8 heteroatoms. The van der Waals surface area contributed by atoms with Crippen LogP contribution in [0.25, 0.3) is 11.1 Å². The molecule has 0 radical (unpaired) electrons. The zero-order valence-corrected chi connectivity index (χ0v) is 14.0. The van der Waals surface area contributed by atoms with Crippen LogP contribution in [0.4, 0.5) is 13.2 Å². The molecule has 0 bridgehead atoms. The lowest BCUT2D eigenvalue weighted by molar-refractivity contribution is 0.0822. The van der Waals surface area contributed by atoms with Gasteiger partial charge in [-0.25, -0.2) is 13.2 Å². The molecule has 0 fully saturated rings. The van der Waals surface area contributed by atoms with E-state index in [0.717, 1.165) is 0 Å². The van der Waals surface area contributed by atoms with Crippen LogP contribution in [0.15, 0.2) is 30.3 Å². The van der Waals surface area contributed by atoms with Crippen LogP contribution in [-0.4, -0.2) is 13.0 Å². The molecule has 2 aromatic carbocycles. The average Bonchev–Trinajstić information content (AvgIpc) is 2.45. The van der Waals surface area contributed by atoms with E-state index < -0.39 is 18.8 Å². The Kier molecular flexibility index (Phi) is 7.48. The zero-order chi connectivity index (χ0) is 16.3. The summed E-state index contributed by atoms with van der Waals surface area (Å²) in [6, 6.07) is 7.20. The second-order valence-electron chi connectivity index (χ2n) is 4.48. The highest BCUT2D eigenvalue weighted by molar-refractivity contribution is 6.36. The Morgan fingerprint density at radius 2 is 1.83 bits per heavy atom. The summed E-state index contributed by atoms with van der Waals surface area (Å²) in [6.45, 7) is -0.769. The number of nitrogens with two attached hydrogens (primary N) is 1. The minimum atomic E-state index is -2.66. The second-order valence-corrected chi connectivity index (χ2v) is 5.32. The van der Waals surface area contributed by atoms with Crippen molar-refractivity contribution in [2.45, 2.75) is 13.0 Å². The Hall–Kier alpha value is -1.14. The van der Waals surface area contributed by atoms with Crippen molar-refractivity contribution in [3.8, 4) is 16.9 Å². The number of benzene rings is 2. The first-order chi connectivity index (χ1) is 10.4. The molecule has 0 saturated carbocycles. The number of hydrogen-bond donors (Lipinski definition) is 1. The maximum absolute atomic E-state index is 13.9. The molecule has 2 rings (SSSR count). The van der Waals surface area contributed by atoms with Gasteiger partial charge in [-0.05, 0) is 23.8 Å². The molecule has 2 aromatic rings. The normalized spacial score (nSPS) is 10.6. The van der Waals surface area contributed by atoms with Crippen molar-refractivity contribution in [2.75, 3.05) is 6.61 Å². The Morgan fingerprint density at radius 3 is 2.39 bits per heavy atom. The molecule has 0 unspecified atom stereocenters. The molecule has 126 valence electrons. The summed E-state index contributed by atoms with van der Waals surface area (Å²) in [4.78, 5) is 0. The van der Waals surface area contributed by atoms with E-state index in [1.807, 2.05) is 0 Å². The Bertz CT molecular complexity index is 683. The van der Waals surface area contributed by atoms with Crippen molar-refractivity contribution in [3.63, 3.8) is 0 Å². The number of rotatable bonds is 5. The monoisotopic (exact) mass is 385 g/mol. The first-order valence-electron chi connectivity index (χ1n) is 6.31. The topological polar surface area (TPSA) is 35.2 Å². The van der Waals surface area contributed by atoms with Gasteiger partial charge in [0.1, 0.15) is 18.2 Å². The first kappa shape index (κ1) is 19.9. The highest BCUT2D eigenvalue weighted by Crippen LogP contribution is 2.39. The number of ether oxygens (including phenoxy) is 1. The van der Waals surface area contributed by atoms with Crippen LogP contribution in [-0.2, 0) is 6.54 Å². The molecule has 2 nitrogen and oxygen atoms in total. The molecule has 0 saturated heterocycles. The van der Waals surface area contributed by atoms with Gasteiger partial charge in [-0.3, -0.25) is 0 Å². The summed E-state index contributed by atoms with van der Waals surface area (Å²) >= 11 is 11.9. The van der Waals surface area contributed by atoms with Gasteiger partial charge in [0.15, 0.2) is 0 Å². The fraction of sp³-hybridized carbons (Fsp3) is 0.200. The van der Waals surface area contributed by atoms with Gasteiger partial charge >= 0.3 is 0 Å². The van der Waals surface area contributed by atoms with Gasteiger partial charge in [0, 0.05) is 22.7 Å². The molecule has 0 aliphatic rings. The molecule has 2 N–H and O–H groups in total. The van der Waals surface area contributed by atoms with E-state index in [1.165, 1.54) is 24.3 Å². The van der Waals surface area contributed by atoms with Gasteiger partial charge in [0.2, 0.25) is 0 Å². The zero-order valence-electron chi connectivity index (χ0n) is 11.7. The molecular formula is C15H13Cl3F3NO. The van der Waals surface area contributed by atoms with Gasteiger partial charge in [-0.15, -0.1) is 12.4 Å². The summed E-state index contributed by atoms with van der Waals surface area (Å²) < 4.78 is 43.6. The van der Waals surface area contributed by atoms with Gasteiger partial charge in [-0.1, -0.05) is 35.3 Å². The number of hydrogen-bond acceptors (Lipinski definition) is 2. The predicted molar refractivity (Wildman–Crippen MR) is 88.5 cm³/mol. The van der Waals surface area contributed by atoms with Gasteiger partial charge in [0.05, 0.1) is 5.02 Å². The SMILES string of the molecule is Cl.NCc1ccc(-c2cc(Cl)cc(Cl)c2OCC(F)F)cc1F. The van der Waals surface area contributed by atoms with Crippen molar-refractivity contribution in [1.29, 1.82) is 0 Å². The van der Waals surface area contributed by atoms with Gasteiger partial charge < -0.3 is 10.5 Å². The van der Waals surface area contributed by atoms with Crippen molar-refractivity contribution < 1.29 is 17.9 Å². The summed E-state index contributed by atoms with van der Waals surface area (Å²) in [7, 11) is 0. The molecule has 23 heavy (non-hydrogen) atoms. The van der Waals surface area contributed by atoms with Gasteiger partial charge in [-0.2, -0.15) is 0 Å². The van der Waals surface area contributed by atoms with E-state index in [4.69, 9.17) is 33.7 Å². The number of alkyl halides is 2. The third-order valence-electron chi connectivity index (χ3n) is 2.95. The third kappa shape index (κ3) is 4.91. The van der Waals surface area contributed by atoms with Crippen LogP contribution in [0.3, 0.4) is 0 Å². The molecular weight excluding hydrogens is 374 g/mol. The molecule has 0 aromatic heterocycles. The second kappa shape index (κ2) is 8.64. The van der Waals surface area contributed by atoms with Crippen LogP contribution in [0, 0.1) is 5.82 Å². The smallest absolute Gasteiger partial charge is 0.272 e. The van der Waals surface area contributed by atoms with Crippen LogP contribution in [0.1, 0.15) is 5.56 Å². The van der Waals surface area contributed by atoms with E-state index in [0.29, 0.717) is 16.7 Å². The minimum Gasteiger partial charge on any atom is -0.485 e. The Balaban J connectivity index is 0.00000264. The quantitative estimate of drug-likeness (QED) is 0.754. The molecule has 0 atom stereocenters. The van der Waals surface area contributed by atoms with E-state index in [1.54, 1.807) is 6.07 Å². The molecule has 0 aliphatic heterocycles. The summed E-state index contributed by atoms with van der Waals surface area (Å²) in [5.74, 6) is -0.470. The largest absolute Gasteiger partial charge is 0.485 e. The van der Waals surface area contributed by atoms with Crippen molar-refractivity contribution in [3.05, 3.63) is 51.8 Å². The highest BCUT2D eigenvalue weighted by Gasteiger charge is 2.16. The van der Waals surface area contributed by atoms with Gasteiger partial charge in [0.25, 0.3) is 6.43 Å². The van der Waals surface area contributed by atoms with E-state index in [9.17, 15) is 13.2 Å². The highest BCUT2D eigenvalue weighted by atomic mass is 35.5. The Morgan fingerprint density at radius 1 is 1.13 bits per heavy atom. The lowest BCUT2D eigenvalue weighted by Crippen LogP contribution is -2.08. The predicted octanol–water partition coefficient (Wildman–Crippen LogP) is 5.32. The van der Waals surface area contributed by atoms with Crippen molar-refractivity contribution in [1.82, 2.24) is 0 Å². The summed E-state index contributed by atoms with van der Waals surface area (Å²) in [6.07, 6.45) is -2.66. The Labute approximate surface area is 147 Å². The van der Waals surface area contributed by atoms with Crippen LogP contribution < -0.4 is 10.5 Å².